The normalized spacial score (nSPS) is 27.1. The highest BCUT2D eigenvalue weighted by molar-refractivity contribution is 5.88. The topological polar surface area (TPSA) is 70.7 Å². The Kier molecular flexibility index (Phi) is 5.79. The van der Waals surface area contributed by atoms with E-state index in [0.29, 0.717) is 38.6 Å². The van der Waals surface area contributed by atoms with E-state index in [1.54, 1.807) is 4.90 Å². The van der Waals surface area contributed by atoms with E-state index in [0.717, 1.165) is 25.9 Å². The number of carbonyl (C=O) groups is 2. The molecule has 0 aromatic rings. The van der Waals surface area contributed by atoms with Gasteiger partial charge in [0.05, 0.1) is 13.2 Å². The van der Waals surface area contributed by atoms with Crippen molar-refractivity contribution in [3.8, 4) is 0 Å². The highest BCUT2D eigenvalue weighted by Gasteiger charge is 2.33. The second kappa shape index (κ2) is 7.59. The number of nitrogens with zero attached hydrogens (tertiary/aromatic N) is 1. The quantitative estimate of drug-likeness (QED) is 0.746. The molecule has 0 aromatic carbocycles. The Balaban J connectivity index is 1.92. The molecule has 0 aliphatic carbocycles. The predicted octanol–water partition coefficient (Wildman–Crippen LogP) is -0.260. The molecule has 2 aliphatic heterocycles. The van der Waals surface area contributed by atoms with E-state index in [1.807, 2.05) is 6.92 Å². The van der Waals surface area contributed by atoms with Crippen LogP contribution in [0.3, 0.4) is 0 Å². The maximum Gasteiger partial charge on any atom is 0.245 e. The van der Waals surface area contributed by atoms with E-state index < -0.39 is 6.04 Å². The van der Waals surface area contributed by atoms with Gasteiger partial charge in [-0.15, -0.1) is 0 Å². The summed E-state index contributed by atoms with van der Waals surface area (Å²) in [5.41, 5.74) is 0. The molecule has 0 spiro atoms. The van der Waals surface area contributed by atoms with Gasteiger partial charge in [0, 0.05) is 19.5 Å². The number of nitrogens with one attached hydrogen (secondary N) is 2. The van der Waals surface area contributed by atoms with Gasteiger partial charge in [0.2, 0.25) is 11.8 Å². The van der Waals surface area contributed by atoms with E-state index in [4.69, 9.17) is 4.74 Å². The molecule has 6 nitrogen and oxygen atoms in total. The largest absolute Gasteiger partial charge is 0.377 e. The number of piperidine rings is 1. The van der Waals surface area contributed by atoms with Crippen LogP contribution in [0.1, 0.15) is 26.2 Å². The van der Waals surface area contributed by atoms with Crippen LogP contribution in [-0.4, -0.2) is 62.1 Å². The van der Waals surface area contributed by atoms with E-state index >= 15 is 0 Å². The zero-order valence-electron chi connectivity index (χ0n) is 12.2. The molecule has 2 aliphatic rings. The van der Waals surface area contributed by atoms with Gasteiger partial charge in [-0.1, -0.05) is 0 Å². The third-order valence-electron chi connectivity index (χ3n) is 3.96. The lowest BCUT2D eigenvalue weighted by Crippen LogP contribution is -2.56. The first-order chi connectivity index (χ1) is 9.72. The first kappa shape index (κ1) is 15.3. The lowest BCUT2D eigenvalue weighted by molar-refractivity contribution is -0.149. The second-order valence-electron chi connectivity index (χ2n) is 5.49. The molecular formula is C14H25N3O3. The summed E-state index contributed by atoms with van der Waals surface area (Å²) in [6.07, 6.45) is 2.75. The minimum atomic E-state index is -0.465. The van der Waals surface area contributed by atoms with Crippen LogP contribution in [0.2, 0.25) is 0 Å². The molecule has 2 atom stereocenters. The van der Waals surface area contributed by atoms with Gasteiger partial charge in [0.25, 0.3) is 0 Å². The van der Waals surface area contributed by atoms with Crippen LogP contribution in [-0.2, 0) is 14.3 Å². The number of ether oxygens (including phenoxy) is 1. The number of amides is 2. The van der Waals surface area contributed by atoms with E-state index in [-0.39, 0.29) is 11.8 Å². The number of hydrogen-bond donors (Lipinski definition) is 2. The molecular weight excluding hydrogens is 258 g/mol. The summed E-state index contributed by atoms with van der Waals surface area (Å²) in [6.45, 7) is 5.74. The number of hydrogen-bond acceptors (Lipinski definition) is 4. The summed E-state index contributed by atoms with van der Waals surface area (Å²) in [5.74, 6) is 0.370. The zero-order chi connectivity index (χ0) is 14.4. The molecule has 0 radical (unpaired) electrons. The second-order valence-corrected chi connectivity index (χ2v) is 5.49. The Morgan fingerprint density at radius 3 is 3.00 bits per heavy atom. The summed E-state index contributed by atoms with van der Waals surface area (Å²) in [4.78, 5) is 26.2. The van der Waals surface area contributed by atoms with Crippen LogP contribution >= 0.6 is 0 Å². The fourth-order valence-corrected chi connectivity index (χ4v) is 2.87. The standard InChI is InChI=1S/C14H25N3O3/c1-2-16-14(19)12-10-20-7-6-17(12)13(18)8-11-4-3-5-15-9-11/h11-12,15H,2-10H2,1H3,(H,16,19). The molecule has 20 heavy (non-hydrogen) atoms. The van der Waals surface area contributed by atoms with Gasteiger partial charge in [-0.3, -0.25) is 9.59 Å². The van der Waals surface area contributed by atoms with Crippen molar-refractivity contribution in [3.63, 3.8) is 0 Å². The van der Waals surface area contributed by atoms with Crippen LogP contribution in [0.15, 0.2) is 0 Å². The fraction of sp³-hybridized carbons (Fsp3) is 0.857. The van der Waals surface area contributed by atoms with Gasteiger partial charge in [-0.25, -0.2) is 0 Å². The van der Waals surface area contributed by atoms with Crippen LogP contribution in [0.4, 0.5) is 0 Å². The first-order valence-electron chi connectivity index (χ1n) is 7.58. The van der Waals surface area contributed by atoms with Crippen molar-refractivity contribution in [2.75, 3.05) is 39.4 Å². The minimum absolute atomic E-state index is 0.0817. The Morgan fingerprint density at radius 2 is 2.30 bits per heavy atom. The fourth-order valence-electron chi connectivity index (χ4n) is 2.87. The SMILES string of the molecule is CCNC(=O)C1COCCN1C(=O)CC1CCCNC1. The molecule has 0 aromatic heterocycles. The summed E-state index contributed by atoms with van der Waals surface area (Å²) in [6, 6.07) is -0.465. The predicted molar refractivity (Wildman–Crippen MR) is 75.2 cm³/mol. The zero-order valence-corrected chi connectivity index (χ0v) is 12.2. The van der Waals surface area contributed by atoms with Gasteiger partial charge in [-0.05, 0) is 38.8 Å². The molecule has 2 saturated heterocycles. The molecule has 2 N–H and O–H groups in total. The van der Waals surface area contributed by atoms with Crippen molar-refractivity contribution in [1.29, 1.82) is 0 Å². The smallest absolute Gasteiger partial charge is 0.245 e. The van der Waals surface area contributed by atoms with Gasteiger partial charge in [-0.2, -0.15) is 0 Å². The molecule has 2 amide bonds. The van der Waals surface area contributed by atoms with Crippen molar-refractivity contribution >= 4 is 11.8 Å². The average molecular weight is 283 g/mol. The average Bonchev–Trinajstić information content (AvgIpc) is 2.48. The molecule has 114 valence electrons. The highest BCUT2D eigenvalue weighted by atomic mass is 16.5. The van der Waals surface area contributed by atoms with Crippen molar-refractivity contribution in [2.24, 2.45) is 5.92 Å². The molecule has 2 fully saturated rings. The first-order valence-corrected chi connectivity index (χ1v) is 7.58. The molecule has 2 heterocycles. The van der Waals surface area contributed by atoms with Gasteiger partial charge in [0.15, 0.2) is 0 Å². The molecule has 6 heteroatoms. The third kappa shape index (κ3) is 3.93. The van der Waals surface area contributed by atoms with Crippen LogP contribution in [0.5, 0.6) is 0 Å². The molecule has 2 rings (SSSR count). The van der Waals surface area contributed by atoms with Gasteiger partial charge in [0.1, 0.15) is 6.04 Å². The monoisotopic (exact) mass is 283 g/mol. The number of carbonyl (C=O) groups excluding carboxylic acids is 2. The van der Waals surface area contributed by atoms with E-state index in [2.05, 4.69) is 10.6 Å². The maximum atomic E-state index is 12.4. The molecule has 0 bridgehead atoms. The Morgan fingerprint density at radius 1 is 1.45 bits per heavy atom. The van der Waals surface area contributed by atoms with Crippen molar-refractivity contribution in [2.45, 2.75) is 32.2 Å². The van der Waals surface area contributed by atoms with Gasteiger partial charge >= 0.3 is 0 Å². The number of morpholine rings is 1. The lowest BCUT2D eigenvalue weighted by atomic mass is 9.95. The van der Waals surface area contributed by atoms with Gasteiger partial charge < -0.3 is 20.3 Å². The Hall–Kier alpha value is -1.14. The van der Waals surface area contributed by atoms with Crippen LogP contribution < -0.4 is 10.6 Å². The number of likely N-dealkylation sites (N-methyl/N-ethyl adjacent to an activating group) is 1. The Bertz CT molecular complexity index is 343. The van der Waals surface area contributed by atoms with Crippen molar-refractivity contribution in [3.05, 3.63) is 0 Å². The minimum Gasteiger partial charge on any atom is -0.377 e. The van der Waals surface area contributed by atoms with Crippen molar-refractivity contribution < 1.29 is 14.3 Å². The number of rotatable bonds is 4. The Labute approximate surface area is 120 Å². The summed E-state index contributed by atoms with van der Waals surface area (Å²) in [7, 11) is 0. The third-order valence-corrected chi connectivity index (χ3v) is 3.96. The van der Waals surface area contributed by atoms with Crippen molar-refractivity contribution in [1.82, 2.24) is 15.5 Å². The summed E-state index contributed by atoms with van der Waals surface area (Å²) in [5, 5.41) is 6.10. The van der Waals surface area contributed by atoms with E-state index in [1.165, 1.54) is 0 Å². The van der Waals surface area contributed by atoms with E-state index in [9.17, 15) is 9.59 Å². The van der Waals surface area contributed by atoms with Crippen LogP contribution in [0, 0.1) is 5.92 Å². The lowest BCUT2D eigenvalue weighted by Gasteiger charge is -2.35. The molecule has 0 saturated carbocycles. The summed E-state index contributed by atoms with van der Waals surface area (Å²) >= 11 is 0. The molecule has 2 unspecified atom stereocenters. The maximum absolute atomic E-state index is 12.4. The highest BCUT2D eigenvalue weighted by Crippen LogP contribution is 2.18. The van der Waals surface area contributed by atoms with Crippen LogP contribution in [0.25, 0.3) is 0 Å². The summed E-state index contributed by atoms with van der Waals surface area (Å²) < 4.78 is 5.35.